The highest BCUT2D eigenvalue weighted by atomic mass is 79.9. The maximum Gasteiger partial charge on any atom is 0.153 e. The van der Waals surface area contributed by atoms with Crippen molar-refractivity contribution in [2.75, 3.05) is 6.61 Å². The van der Waals surface area contributed by atoms with Crippen molar-refractivity contribution in [3.63, 3.8) is 0 Å². The van der Waals surface area contributed by atoms with Crippen LogP contribution in [0.25, 0.3) is 0 Å². The second-order valence-corrected chi connectivity index (χ2v) is 6.02. The Hall–Kier alpha value is -1.81. The van der Waals surface area contributed by atoms with Gasteiger partial charge >= 0.3 is 0 Å². The van der Waals surface area contributed by atoms with Crippen molar-refractivity contribution < 1.29 is 14.3 Å². The molecule has 0 radical (unpaired) electrons. The highest BCUT2D eigenvalue weighted by Gasteiger charge is 2.18. The van der Waals surface area contributed by atoms with Crippen LogP contribution in [0.5, 0.6) is 11.5 Å². The van der Waals surface area contributed by atoms with Gasteiger partial charge in [0.1, 0.15) is 18.1 Å². The van der Waals surface area contributed by atoms with Gasteiger partial charge in [0.2, 0.25) is 0 Å². The lowest BCUT2D eigenvalue weighted by Crippen LogP contribution is -2.01. The van der Waals surface area contributed by atoms with Crippen molar-refractivity contribution in [3.8, 4) is 11.5 Å². The largest absolute Gasteiger partial charge is 0.493 e. The Morgan fingerprint density at radius 2 is 2.19 bits per heavy atom. The Balaban J connectivity index is 1.84. The molecule has 0 saturated carbocycles. The minimum atomic E-state index is 0.381. The molecule has 3 rings (SSSR count). The van der Waals surface area contributed by atoms with Crippen LogP contribution in [-0.2, 0) is 13.0 Å². The Kier molecular flexibility index (Phi) is 3.97. The molecule has 0 fully saturated rings. The first-order chi connectivity index (χ1) is 10.2. The van der Waals surface area contributed by atoms with E-state index < -0.39 is 0 Å². The van der Waals surface area contributed by atoms with Crippen LogP contribution < -0.4 is 9.47 Å². The van der Waals surface area contributed by atoms with Gasteiger partial charge in [-0.1, -0.05) is 27.6 Å². The zero-order valence-corrected chi connectivity index (χ0v) is 13.3. The van der Waals surface area contributed by atoms with Crippen LogP contribution in [-0.4, -0.2) is 12.9 Å². The van der Waals surface area contributed by atoms with E-state index in [2.05, 4.69) is 22.0 Å². The van der Waals surface area contributed by atoms with Crippen molar-refractivity contribution in [1.29, 1.82) is 0 Å². The van der Waals surface area contributed by atoms with Gasteiger partial charge in [-0.3, -0.25) is 4.79 Å². The summed E-state index contributed by atoms with van der Waals surface area (Å²) in [5.41, 5.74) is 3.80. The first-order valence-corrected chi connectivity index (χ1v) is 7.59. The smallest absolute Gasteiger partial charge is 0.153 e. The second-order valence-electron chi connectivity index (χ2n) is 5.10. The topological polar surface area (TPSA) is 35.5 Å². The number of fused-ring (bicyclic) bond motifs is 1. The van der Waals surface area contributed by atoms with Gasteiger partial charge in [0, 0.05) is 16.5 Å². The Morgan fingerprint density at radius 1 is 1.33 bits per heavy atom. The lowest BCUT2D eigenvalue weighted by molar-refractivity contribution is 0.111. The van der Waals surface area contributed by atoms with Gasteiger partial charge in [-0.15, -0.1) is 0 Å². The maximum atomic E-state index is 11.1. The molecule has 0 saturated heterocycles. The number of rotatable bonds is 4. The van der Waals surface area contributed by atoms with Crippen molar-refractivity contribution in [2.45, 2.75) is 20.0 Å². The molecule has 0 unspecified atom stereocenters. The van der Waals surface area contributed by atoms with Gasteiger partial charge in [0.15, 0.2) is 6.29 Å². The average molecular weight is 347 g/mol. The van der Waals surface area contributed by atoms with Gasteiger partial charge in [-0.25, -0.2) is 0 Å². The van der Waals surface area contributed by atoms with Crippen LogP contribution in [0.3, 0.4) is 0 Å². The molecule has 0 amide bonds. The van der Waals surface area contributed by atoms with E-state index in [1.165, 1.54) is 5.56 Å². The first-order valence-electron chi connectivity index (χ1n) is 6.80. The van der Waals surface area contributed by atoms with E-state index in [9.17, 15) is 4.79 Å². The average Bonchev–Trinajstić information content (AvgIpc) is 2.93. The summed E-state index contributed by atoms with van der Waals surface area (Å²) in [5, 5.41) is 0. The van der Waals surface area contributed by atoms with Crippen LogP contribution in [0.2, 0.25) is 0 Å². The normalized spacial score (nSPS) is 12.7. The molecule has 2 aromatic rings. The number of aldehydes is 1. The quantitative estimate of drug-likeness (QED) is 0.782. The molecule has 0 bridgehead atoms. The molecule has 2 aromatic carbocycles. The molecule has 4 heteroatoms. The third-order valence-electron chi connectivity index (χ3n) is 3.50. The van der Waals surface area contributed by atoms with Gasteiger partial charge in [-0.05, 0) is 36.8 Å². The molecule has 0 atom stereocenters. The number of carbonyl (C=O) groups is 1. The molecule has 1 aliphatic rings. The van der Waals surface area contributed by atoms with Crippen LogP contribution >= 0.6 is 15.9 Å². The van der Waals surface area contributed by atoms with E-state index in [1.54, 1.807) is 0 Å². The molecule has 108 valence electrons. The summed E-state index contributed by atoms with van der Waals surface area (Å²) in [4.78, 5) is 11.1. The number of hydrogen-bond donors (Lipinski definition) is 0. The number of aryl methyl sites for hydroxylation is 1. The predicted octanol–water partition coefficient (Wildman–Crippen LogP) is 4.08. The van der Waals surface area contributed by atoms with Crippen LogP contribution in [0.15, 0.2) is 34.8 Å². The number of halogens is 1. The summed E-state index contributed by atoms with van der Waals surface area (Å²) in [6.07, 6.45) is 1.75. The molecule has 0 N–H and O–H groups in total. The number of carbonyl (C=O) groups excluding carboxylic acids is 1. The third kappa shape index (κ3) is 2.95. The molecular weight excluding hydrogens is 332 g/mol. The summed E-state index contributed by atoms with van der Waals surface area (Å²) in [7, 11) is 0. The lowest BCUT2D eigenvalue weighted by Gasteiger charge is -2.12. The highest BCUT2D eigenvalue weighted by molar-refractivity contribution is 9.10. The maximum absolute atomic E-state index is 11.1. The SMILES string of the molecule is Cc1ccc(OCc2cc(Br)cc3c2OCC3)c(C=O)c1. The van der Waals surface area contributed by atoms with E-state index in [0.717, 1.165) is 34.1 Å². The van der Waals surface area contributed by atoms with Crippen molar-refractivity contribution in [2.24, 2.45) is 0 Å². The molecular formula is C17H15BrO3. The van der Waals surface area contributed by atoms with E-state index in [-0.39, 0.29) is 0 Å². The zero-order chi connectivity index (χ0) is 14.8. The third-order valence-corrected chi connectivity index (χ3v) is 3.96. The Labute approximate surface area is 132 Å². The van der Waals surface area contributed by atoms with E-state index in [4.69, 9.17) is 9.47 Å². The minimum Gasteiger partial charge on any atom is -0.493 e. The summed E-state index contributed by atoms with van der Waals surface area (Å²) in [6, 6.07) is 9.67. The highest BCUT2D eigenvalue weighted by Crippen LogP contribution is 2.34. The fourth-order valence-electron chi connectivity index (χ4n) is 2.50. The van der Waals surface area contributed by atoms with Crippen molar-refractivity contribution >= 4 is 22.2 Å². The molecule has 1 heterocycles. The Morgan fingerprint density at radius 3 is 3.00 bits per heavy atom. The van der Waals surface area contributed by atoms with Crippen LogP contribution in [0.4, 0.5) is 0 Å². The molecule has 0 aliphatic carbocycles. The van der Waals surface area contributed by atoms with E-state index in [1.807, 2.05) is 31.2 Å². The fourth-order valence-corrected chi connectivity index (χ4v) is 3.05. The molecule has 1 aliphatic heterocycles. The van der Waals surface area contributed by atoms with Gasteiger partial charge in [0.25, 0.3) is 0 Å². The number of ether oxygens (including phenoxy) is 2. The van der Waals surface area contributed by atoms with E-state index in [0.29, 0.717) is 24.5 Å². The number of benzene rings is 2. The van der Waals surface area contributed by atoms with Crippen LogP contribution in [0, 0.1) is 6.92 Å². The lowest BCUT2D eigenvalue weighted by atomic mass is 10.1. The predicted molar refractivity (Wildman–Crippen MR) is 84.2 cm³/mol. The summed E-state index contributed by atoms with van der Waals surface area (Å²) in [5.74, 6) is 1.51. The molecule has 21 heavy (non-hydrogen) atoms. The van der Waals surface area contributed by atoms with Gasteiger partial charge in [0.05, 0.1) is 12.2 Å². The number of hydrogen-bond acceptors (Lipinski definition) is 3. The summed E-state index contributed by atoms with van der Waals surface area (Å²) in [6.45, 7) is 3.04. The first kappa shape index (κ1) is 14.1. The Bertz CT molecular complexity index is 695. The minimum absolute atomic E-state index is 0.381. The monoisotopic (exact) mass is 346 g/mol. The van der Waals surface area contributed by atoms with Gasteiger partial charge < -0.3 is 9.47 Å². The molecule has 0 aromatic heterocycles. The molecule has 3 nitrogen and oxygen atoms in total. The summed E-state index contributed by atoms with van der Waals surface area (Å²) >= 11 is 3.51. The van der Waals surface area contributed by atoms with Gasteiger partial charge in [-0.2, -0.15) is 0 Å². The second kappa shape index (κ2) is 5.90. The van der Waals surface area contributed by atoms with E-state index >= 15 is 0 Å². The zero-order valence-electron chi connectivity index (χ0n) is 11.7. The van der Waals surface area contributed by atoms with Crippen LogP contribution in [0.1, 0.15) is 27.0 Å². The standard InChI is InChI=1S/C17H15BrO3/c1-11-2-3-16(13(6-11)9-19)21-10-14-8-15(18)7-12-4-5-20-17(12)14/h2-3,6-9H,4-5,10H2,1H3. The van der Waals surface area contributed by atoms with Crippen molar-refractivity contribution in [1.82, 2.24) is 0 Å². The molecule has 0 spiro atoms. The summed E-state index contributed by atoms with van der Waals surface area (Å²) < 4.78 is 12.5. The fraction of sp³-hybridized carbons (Fsp3) is 0.235. The van der Waals surface area contributed by atoms with Crippen molar-refractivity contribution in [3.05, 3.63) is 57.1 Å².